The standard InChI is InChI=1S/C11H9F3N2O/c12-11(13,14)8-5-16-10(17)7-3-1-2-6(4-15)9(7)8/h1-3,5H,4,15H2,(H,16,17). The molecule has 3 nitrogen and oxygen atoms in total. The van der Waals surface area contributed by atoms with E-state index >= 15 is 0 Å². The molecule has 1 heterocycles. The van der Waals surface area contributed by atoms with Crippen molar-refractivity contribution in [1.29, 1.82) is 0 Å². The number of aromatic amines is 1. The Kier molecular flexibility index (Phi) is 2.66. The number of alkyl halides is 3. The lowest BCUT2D eigenvalue weighted by Crippen LogP contribution is -2.15. The number of halogens is 3. The summed E-state index contributed by atoms with van der Waals surface area (Å²) in [5.41, 5.74) is 4.29. The van der Waals surface area contributed by atoms with E-state index in [1.165, 1.54) is 18.2 Å². The Balaban J connectivity index is 2.96. The Morgan fingerprint density at radius 3 is 2.59 bits per heavy atom. The predicted octanol–water partition coefficient (Wildman–Crippen LogP) is 2.01. The van der Waals surface area contributed by atoms with Crippen molar-refractivity contribution >= 4 is 10.8 Å². The Morgan fingerprint density at radius 1 is 1.29 bits per heavy atom. The quantitative estimate of drug-likeness (QED) is 0.803. The first kappa shape index (κ1) is 11.7. The second kappa shape index (κ2) is 3.89. The number of fused-ring (bicyclic) bond motifs is 1. The van der Waals surface area contributed by atoms with Gasteiger partial charge in [0.05, 0.1) is 5.56 Å². The molecule has 1 aromatic carbocycles. The number of pyridine rings is 1. The van der Waals surface area contributed by atoms with Crippen LogP contribution in [0.5, 0.6) is 0 Å². The van der Waals surface area contributed by atoms with Gasteiger partial charge in [-0.1, -0.05) is 12.1 Å². The fraction of sp³-hybridized carbons (Fsp3) is 0.182. The van der Waals surface area contributed by atoms with Crippen molar-refractivity contribution in [3.8, 4) is 0 Å². The zero-order chi connectivity index (χ0) is 12.6. The van der Waals surface area contributed by atoms with Crippen molar-refractivity contribution in [2.24, 2.45) is 5.73 Å². The number of nitrogens with two attached hydrogens (primary N) is 1. The minimum absolute atomic E-state index is 0.00257. The highest BCUT2D eigenvalue weighted by Crippen LogP contribution is 2.34. The van der Waals surface area contributed by atoms with E-state index in [4.69, 9.17) is 5.73 Å². The molecule has 17 heavy (non-hydrogen) atoms. The van der Waals surface area contributed by atoms with Crippen LogP contribution in [0.1, 0.15) is 11.1 Å². The number of benzene rings is 1. The van der Waals surface area contributed by atoms with E-state index in [1.54, 1.807) is 0 Å². The lowest BCUT2D eigenvalue weighted by atomic mass is 10.0. The van der Waals surface area contributed by atoms with Gasteiger partial charge in [0.1, 0.15) is 0 Å². The van der Waals surface area contributed by atoms with E-state index in [9.17, 15) is 18.0 Å². The van der Waals surface area contributed by atoms with Crippen LogP contribution in [-0.2, 0) is 12.7 Å². The summed E-state index contributed by atoms with van der Waals surface area (Å²) in [6.07, 6.45) is -3.84. The van der Waals surface area contributed by atoms with Crippen LogP contribution >= 0.6 is 0 Å². The van der Waals surface area contributed by atoms with E-state index in [1.807, 2.05) is 0 Å². The number of H-pyrrole nitrogens is 1. The number of hydrogen-bond donors (Lipinski definition) is 2. The second-order valence-corrected chi connectivity index (χ2v) is 3.57. The molecular formula is C11H9F3N2O. The van der Waals surface area contributed by atoms with Crippen LogP contribution in [0, 0.1) is 0 Å². The number of rotatable bonds is 1. The van der Waals surface area contributed by atoms with Gasteiger partial charge in [-0.3, -0.25) is 4.79 Å². The van der Waals surface area contributed by atoms with Crippen molar-refractivity contribution in [2.45, 2.75) is 12.7 Å². The van der Waals surface area contributed by atoms with Gasteiger partial charge >= 0.3 is 6.18 Å². The van der Waals surface area contributed by atoms with Gasteiger partial charge in [-0.15, -0.1) is 0 Å². The fourth-order valence-corrected chi connectivity index (χ4v) is 1.79. The van der Waals surface area contributed by atoms with Gasteiger partial charge in [0.2, 0.25) is 0 Å². The molecular weight excluding hydrogens is 233 g/mol. The average molecular weight is 242 g/mol. The number of aromatic nitrogens is 1. The third-order valence-corrected chi connectivity index (χ3v) is 2.54. The molecule has 0 atom stereocenters. The van der Waals surface area contributed by atoms with E-state index in [-0.39, 0.29) is 17.3 Å². The summed E-state index contributed by atoms with van der Waals surface area (Å²) in [6, 6.07) is 4.35. The van der Waals surface area contributed by atoms with Gasteiger partial charge in [0.25, 0.3) is 5.56 Å². The maximum Gasteiger partial charge on any atom is 0.418 e. The van der Waals surface area contributed by atoms with E-state index in [0.29, 0.717) is 11.8 Å². The normalized spacial score (nSPS) is 12.0. The molecule has 3 N–H and O–H groups in total. The molecule has 0 bridgehead atoms. The highest BCUT2D eigenvalue weighted by atomic mass is 19.4. The van der Waals surface area contributed by atoms with Crippen molar-refractivity contribution < 1.29 is 13.2 Å². The molecule has 0 aliphatic heterocycles. The molecule has 0 radical (unpaired) electrons. The molecule has 90 valence electrons. The van der Waals surface area contributed by atoms with Crippen LogP contribution in [0.3, 0.4) is 0 Å². The molecule has 0 saturated heterocycles. The summed E-state index contributed by atoms with van der Waals surface area (Å²) in [6.45, 7) is -0.0517. The largest absolute Gasteiger partial charge is 0.418 e. The minimum Gasteiger partial charge on any atom is -0.328 e. The lowest BCUT2D eigenvalue weighted by Gasteiger charge is -2.12. The van der Waals surface area contributed by atoms with Gasteiger partial charge in [0.15, 0.2) is 0 Å². The Bertz CT molecular complexity index is 616. The van der Waals surface area contributed by atoms with Crippen LogP contribution in [0.4, 0.5) is 13.2 Å². The molecule has 0 aliphatic carbocycles. The molecule has 2 rings (SSSR count). The maximum absolute atomic E-state index is 12.8. The van der Waals surface area contributed by atoms with Crippen molar-refractivity contribution in [2.75, 3.05) is 0 Å². The molecule has 2 aromatic rings. The van der Waals surface area contributed by atoms with Crippen molar-refractivity contribution in [3.63, 3.8) is 0 Å². The molecule has 6 heteroatoms. The summed E-state index contributed by atoms with van der Waals surface area (Å²) in [4.78, 5) is 13.5. The monoisotopic (exact) mass is 242 g/mol. The van der Waals surface area contributed by atoms with Crippen molar-refractivity contribution in [3.05, 3.63) is 45.9 Å². The highest BCUT2D eigenvalue weighted by molar-refractivity contribution is 5.88. The average Bonchev–Trinajstić information content (AvgIpc) is 2.27. The van der Waals surface area contributed by atoms with Gasteiger partial charge in [0, 0.05) is 23.5 Å². The Labute approximate surface area is 94.1 Å². The summed E-state index contributed by atoms with van der Waals surface area (Å²) in [7, 11) is 0. The fourth-order valence-electron chi connectivity index (χ4n) is 1.79. The minimum atomic E-state index is -4.52. The summed E-state index contributed by atoms with van der Waals surface area (Å²) >= 11 is 0. The first-order chi connectivity index (χ1) is 7.95. The van der Waals surface area contributed by atoms with E-state index in [0.717, 1.165) is 0 Å². The van der Waals surface area contributed by atoms with E-state index in [2.05, 4.69) is 4.98 Å². The SMILES string of the molecule is NCc1cccc2c(=O)[nH]cc(C(F)(F)F)c12. The van der Waals surface area contributed by atoms with Crippen LogP contribution in [-0.4, -0.2) is 4.98 Å². The third-order valence-electron chi connectivity index (χ3n) is 2.54. The van der Waals surface area contributed by atoms with Crippen molar-refractivity contribution in [1.82, 2.24) is 4.98 Å². The summed E-state index contributed by atoms with van der Waals surface area (Å²) < 4.78 is 38.4. The Hall–Kier alpha value is -1.82. The smallest absolute Gasteiger partial charge is 0.328 e. The molecule has 0 aliphatic rings. The third kappa shape index (κ3) is 1.91. The molecule has 0 amide bonds. The highest BCUT2D eigenvalue weighted by Gasteiger charge is 2.33. The first-order valence-corrected chi connectivity index (χ1v) is 4.85. The van der Waals surface area contributed by atoms with Gasteiger partial charge in [-0.25, -0.2) is 0 Å². The molecule has 0 saturated carbocycles. The Morgan fingerprint density at radius 2 is 2.00 bits per heavy atom. The summed E-state index contributed by atoms with van der Waals surface area (Å²) in [5.74, 6) is 0. The first-order valence-electron chi connectivity index (χ1n) is 4.85. The summed E-state index contributed by atoms with van der Waals surface area (Å²) in [5, 5.41) is -0.117. The molecule has 0 unspecified atom stereocenters. The predicted molar refractivity (Wildman–Crippen MR) is 57.5 cm³/mol. The van der Waals surface area contributed by atoms with Crippen LogP contribution in [0.15, 0.2) is 29.2 Å². The van der Waals surface area contributed by atoms with Crippen LogP contribution in [0.25, 0.3) is 10.8 Å². The van der Waals surface area contributed by atoms with Gasteiger partial charge in [-0.2, -0.15) is 13.2 Å². The van der Waals surface area contributed by atoms with Crippen LogP contribution < -0.4 is 11.3 Å². The zero-order valence-corrected chi connectivity index (χ0v) is 8.64. The topological polar surface area (TPSA) is 58.9 Å². The van der Waals surface area contributed by atoms with Gasteiger partial charge in [-0.05, 0) is 11.6 Å². The number of hydrogen-bond acceptors (Lipinski definition) is 2. The van der Waals surface area contributed by atoms with Gasteiger partial charge < -0.3 is 10.7 Å². The van der Waals surface area contributed by atoms with Crippen LogP contribution in [0.2, 0.25) is 0 Å². The molecule has 1 aromatic heterocycles. The number of nitrogens with one attached hydrogen (secondary N) is 1. The lowest BCUT2D eigenvalue weighted by molar-refractivity contribution is -0.136. The maximum atomic E-state index is 12.8. The second-order valence-electron chi connectivity index (χ2n) is 3.57. The molecule has 0 spiro atoms. The molecule has 0 fully saturated rings. The zero-order valence-electron chi connectivity index (χ0n) is 8.64. The van der Waals surface area contributed by atoms with E-state index < -0.39 is 17.3 Å².